The first-order chi connectivity index (χ1) is 6.91. The minimum atomic E-state index is -4.49. The van der Waals surface area contributed by atoms with Crippen molar-refractivity contribution < 1.29 is 18.0 Å². The lowest BCUT2D eigenvalue weighted by molar-refractivity contribution is -0.141. The molecular formula is C8H6F3IN2O. The Hall–Kier alpha value is -0.860. The van der Waals surface area contributed by atoms with Crippen LogP contribution in [-0.4, -0.2) is 8.90 Å². The maximum atomic E-state index is 12.4. The molecule has 0 aliphatic rings. The number of hydrogen-bond donors (Lipinski definition) is 1. The Bertz CT molecular complexity index is 367. The predicted molar refractivity (Wildman–Crippen MR) is 55.5 cm³/mol. The molecular weight excluding hydrogens is 324 g/mol. The molecule has 0 aliphatic heterocycles. The number of pyridine rings is 1. The van der Waals surface area contributed by atoms with E-state index in [1.54, 1.807) is 0 Å². The summed E-state index contributed by atoms with van der Waals surface area (Å²) >= 11 is 1.45. The van der Waals surface area contributed by atoms with E-state index in [2.05, 4.69) is 10.3 Å². The number of amides is 1. The molecule has 0 spiro atoms. The zero-order valence-electron chi connectivity index (χ0n) is 7.31. The van der Waals surface area contributed by atoms with E-state index in [-0.39, 0.29) is 12.1 Å². The molecule has 0 fully saturated rings. The first-order valence-corrected chi connectivity index (χ1v) is 4.93. The number of aromatic nitrogens is 1. The fourth-order valence-corrected chi connectivity index (χ4v) is 1.19. The van der Waals surface area contributed by atoms with Crippen LogP contribution in [0.3, 0.4) is 0 Å². The number of halogens is 4. The number of carbonyl (C=O) groups is 1. The van der Waals surface area contributed by atoms with Crippen molar-refractivity contribution in [2.45, 2.75) is 12.7 Å². The van der Waals surface area contributed by atoms with Gasteiger partial charge in [0.15, 0.2) is 0 Å². The highest BCUT2D eigenvalue weighted by molar-refractivity contribution is 14.1. The van der Waals surface area contributed by atoms with Crippen LogP contribution < -0.4 is 5.32 Å². The summed E-state index contributed by atoms with van der Waals surface area (Å²) in [6, 6.07) is 2.67. The molecule has 0 unspecified atom stereocenters. The van der Waals surface area contributed by atoms with E-state index in [0.717, 1.165) is 6.20 Å². The fourth-order valence-electron chi connectivity index (χ4n) is 1.00. The molecule has 1 rings (SSSR count). The number of carbonyl (C=O) groups excluding carboxylic acids is 1. The van der Waals surface area contributed by atoms with Gasteiger partial charge in [0.05, 0.1) is 0 Å². The molecule has 1 N–H and O–H groups in total. The topological polar surface area (TPSA) is 42.0 Å². The molecule has 1 heterocycles. The highest BCUT2D eigenvalue weighted by atomic mass is 127. The van der Waals surface area contributed by atoms with Crippen LogP contribution in [0.1, 0.15) is 11.3 Å². The lowest BCUT2D eigenvalue weighted by atomic mass is 10.2. The Kier molecular flexibility index (Phi) is 3.89. The molecule has 0 bridgehead atoms. The Morgan fingerprint density at radius 3 is 2.73 bits per heavy atom. The number of rotatable bonds is 2. The molecule has 1 amide bonds. The third-order valence-electron chi connectivity index (χ3n) is 1.58. The molecule has 0 saturated carbocycles. The van der Waals surface area contributed by atoms with Crippen molar-refractivity contribution in [1.29, 1.82) is 0 Å². The minimum Gasteiger partial charge on any atom is -0.343 e. The van der Waals surface area contributed by atoms with Gasteiger partial charge in [-0.25, -0.2) is 0 Å². The van der Waals surface area contributed by atoms with Gasteiger partial charge in [-0.05, 0) is 6.07 Å². The lowest BCUT2D eigenvalue weighted by Crippen LogP contribution is -2.19. The van der Waals surface area contributed by atoms with Gasteiger partial charge in [0.1, 0.15) is 5.69 Å². The van der Waals surface area contributed by atoms with E-state index >= 15 is 0 Å². The van der Waals surface area contributed by atoms with E-state index in [0.29, 0.717) is 0 Å². The maximum Gasteiger partial charge on any atom is 0.433 e. The van der Waals surface area contributed by atoms with Crippen LogP contribution in [-0.2, 0) is 12.7 Å². The van der Waals surface area contributed by atoms with Crippen molar-refractivity contribution in [1.82, 2.24) is 10.3 Å². The average molecular weight is 330 g/mol. The summed E-state index contributed by atoms with van der Waals surface area (Å²) in [6.45, 7) is -0.176. The van der Waals surface area contributed by atoms with E-state index in [1.807, 2.05) is 0 Å². The SMILES string of the molecule is O=C(I)NCc1cccnc1C(F)(F)F. The standard InChI is InChI=1S/C8H6F3IN2O/c9-8(10,11)6-5(2-1-3-13-6)4-14-7(12)15/h1-3H,4H2,(H,14,15). The van der Waals surface area contributed by atoms with Crippen molar-refractivity contribution in [3.63, 3.8) is 0 Å². The smallest absolute Gasteiger partial charge is 0.343 e. The highest BCUT2D eigenvalue weighted by Gasteiger charge is 2.34. The van der Waals surface area contributed by atoms with Gasteiger partial charge in [-0.2, -0.15) is 13.2 Å². The summed E-state index contributed by atoms with van der Waals surface area (Å²) in [6.07, 6.45) is -3.43. The van der Waals surface area contributed by atoms with Crippen molar-refractivity contribution in [2.24, 2.45) is 0 Å². The third-order valence-corrected chi connectivity index (χ3v) is 1.96. The van der Waals surface area contributed by atoms with Gasteiger partial charge in [-0.1, -0.05) is 6.07 Å². The van der Waals surface area contributed by atoms with Gasteiger partial charge >= 0.3 is 6.18 Å². The molecule has 1 aromatic heterocycles. The van der Waals surface area contributed by atoms with E-state index in [9.17, 15) is 18.0 Å². The van der Waals surface area contributed by atoms with Crippen LogP contribution in [0, 0.1) is 0 Å². The van der Waals surface area contributed by atoms with Crippen LogP contribution in [0.2, 0.25) is 0 Å². The molecule has 82 valence electrons. The highest BCUT2D eigenvalue weighted by Crippen LogP contribution is 2.29. The maximum absolute atomic E-state index is 12.4. The summed E-state index contributed by atoms with van der Waals surface area (Å²) in [7, 11) is 0. The summed E-state index contributed by atoms with van der Waals surface area (Å²) < 4.78 is 36.8. The van der Waals surface area contributed by atoms with Crippen molar-refractivity contribution >= 4 is 26.5 Å². The lowest BCUT2D eigenvalue weighted by Gasteiger charge is -2.10. The second kappa shape index (κ2) is 4.77. The Morgan fingerprint density at radius 2 is 2.20 bits per heavy atom. The zero-order valence-corrected chi connectivity index (χ0v) is 9.46. The molecule has 15 heavy (non-hydrogen) atoms. The second-order valence-corrected chi connectivity index (χ2v) is 3.62. The Balaban J connectivity index is 2.92. The van der Waals surface area contributed by atoms with Gasteiger partial charge in [0.2, 0.25) is 0 Å². The van der Waals surface area contributed by atoms with Crippen LogP contribution in [0.25, 0.3) is 0 Å². The zero-order chi connectivity index (χ0) is 11.5. The number of alkyl halides is 3. The molecule has 3 nitrogen and oxygen atoms in total. The van der Waals surface area contributed by atoms with E-state index < -0.39 is 15.8 Å². The number of nitrogens with one attached hydrogen (secondary N) is 1. The molecule has 0 aliphatic carbocycles. The van der Waals surface area contributed by atoms with Gasteiger partial charge in [-0.15, -0.1) is 0 Å². The largest absolute Gasteiger partial charge is 0.433 e. The van der Waals surface area contributed by atoms with Crippen LogP contribution >= 0.6 is 22.6 Å². The van der Waals surface area contributed by atoms with E-state index in [1.165, 1.54) is 34.7 Å². The summed E-state index contributed by atoms with van der Waals surface area (Å²) in [4.78, 5) is 13.8. The van der Waals surface area contributed by atoms with Crippen LogP contribution in [0.4, 0.5) is 18.0 Å². The van der Waals surface area contributed by atoms with Gasteiger partial charge in [0.25, 0.3) is 3.91 Å². The normalized spacial score (nSPS) is 11.2. The first-order valence-electron chi connectivity index (χ1n) is 3.85. The molecule has 0 atom stereocenters. The van der Waals surface area contributed by atoms with Crippen molar-refractivity contribution in [3.8, 4) is 0 Å². The monoisotopic (exact) mass is 330 g/mol. The first kappa shape index (κ1) is 12.2. The van der Waals surface area contributed by atoms with Gasteiger partial charge in [-0.3, -0.25) is 9.78 Å². The van der Waals surface area contributed by atoms with E-state index in [4.69, 9.17) is 0 Å². The molecule has 0 aromatic carbocycles. The number of hydrogen-bond acceptors (Lipinski definition) is 2. The molecule has 7 heteroatoms. The fraction of sp³-hybridized carbons (Fsp3) is 0.250. The third kappa shape index (κ3) is 3.65. The number of nitrogens with zero attached hydrogens (tertiary/aromatic N) is 1. The summed E-state index contributed by atoms with van der Waals surface area (Å²) in [5.41, 5.74) is -1.01. The quantitative estimate of drug-likeness (QED) is 0.515. The Labute approximate surface area is 97.2 Å². The molecule has 1 aromatic rings. The van der Waals surface area contributed by atoms with Crippen LogP contribution in [0.5, 0.6) is 0 Å². The van der Waals surface area contributed by atoms with Crippen LogP contribution in [0.15, 0.2) is 18.3 Å². The van der Waals surface area contributed by atoms with Crippen molar-refractivity contribution in [2.75, 3.05) is 0 Å². The van der Waals surface area contributed by atoms with Crippen molar-refractivity contribution in [3.05, 3.63) is 29.6 Å². The summed E-state index contributed by atoms with van der Waals surface area (Å²) in [5.74, 6) is 0. The predicted octanol–water partition coefficient (Wildman–Crippen LogP) is 2.75. The Morgan fingerprint density at radius 1 is 1.53 bits per heavy atom. The van der Waals surface area contributed by atoms with Gasteiger partial charge in [0, 0.05) is 40.9 Å². The van der Waals surface area contributed by atoms with Gasteiger partial charge < -0.3 is 5.32 Å². The molecule has 0 radical (unpaired) electrons. The summed E-state index contributed by atoms with van der Waals surface area (Å²) in [5, 5.41) is 2.28. The second-order valence-electron chi connectivity index (χ2n) is 2.64. The molecule has 0 saturated heterocycles. The average Bonchev–Trinajstić information content (AvgIpc) is 2.13. The minimum absolute atomic E-state index is 0.0463.